The van der Waals surface area contributed by atoms with E-state index < -0.39 is 0 Å². The quantitative estimate of drug-likeness (QED) is 0.639. The van der Waals surface area contributed by atoms with Gasteiger partial charge in [0.15, 0.2) is 5.16 Å². The van der Waals surface area contributed by atoms with Gasteiger partial charge in [0, 0.05) is 5.75 Å². The highest BCUT2D eigenvalue weighted by atomic mass is 32.2. The molecule has 0 aliphatic heterocycles. The van der Waals surface area contributed by atoms with Crippen molar-refractivity contribution in [1.82, 2.24) is 14.8 Å². The molecule has 1 heterocycles. The van der Waals surface area contributed by atoms with Gasteiger partial charge in [-0.25, -0.2) is 0 Å². The number of nitrogens with two attached hydrogens (primary N) is 1. The van der Waals surface area contributed by atoms with Gasteiger partial charge in [0.05, 0.1) is 7.11 Å². The Labute approximate surface area is 121 Å². The number of methoxy groups -OCH3 is 1. The van der Waals surface area contributed by atoms with Crippen LogP contribution >= 0.6 is 11.8 Å². The molecule has 0 amide bonds. The van der Waals surface area contributed by atoms with Crippen LogP contribution in [0.3, 0.4) is 0 Å². The van der Waals surface area contributed by atoms with Crippen molar-refractivity contribution in [2.75, 3.05) is 18.6 Å². The van der Waals surface area contributed by atoms with Crippen LogP contribution in [0.2, 0.25) is 0 Å². The van der Waals surface area contributed by atoms with E-state index in [1.807, 2.05) is 18.2 Å². The summed E-state index contributed by atoms with van der Waals surface area (Å²) in [7, 11) is 1.34. The molecular weight excluding hydrogens is 276 g/mol. The van der Waals surface area contributed by atoms with E-state index in [0.717, 1.165) is 12.2 Å². The van der Waals surface area contributed by atoms with Crippen LogP contribution in [0.5, 0.6) is 0 Å². The summed E-state index contributed by atoms with van der Waals surface area (Å²) in [5.41, 5.74) is 6.95. The lowest BCUT2D eigenvalue weighted by atomic mass is 10.2. The number of thioether (sulfide) groups is 1. The number of benzene rings is 1. The fraction of sp³-hybridized carbons (Fsp3) is 0.308. The average molecular weight is 292 g/mol. The van der Waals surface area contributed by atoms with Gasteiger partial charge in [0.25, 0.3) is 0 Å². The summed E-state index contributed by atoms with van der Waals surface area (Å²) in [4.78, 5) is 11.3. The van der Waals surface area contributed by atoms with Gasteiger partial charge in [-0.2, -0.15) is 0 Å². The second-order valence-corrected chi connectivity index (χ2v) is 5.15. The van der Waals surface area contributed by atoms with Gasteiger partial charge in [-0.3, -0.25) is 9.36 Å². The zero-order valence-corrected chi connectivity index (χ0v) is 12.0. The normalized spacial score (nSPS) is 10.4. The number of nitrogen functional groups attached to an aromatic ring is 1. The summed E-state index contributed by atoms with van der Waals surface area (Å²) in [5.74, 6) is 0.683. The Morgan fingerprint density at radius 3 is 2.80 bits per heavy atom. The first kappa shape index (κ1) is 14.4. The Bertz CT molecular complexity index is 571. The Morgan fingerprint density at radius 2 is 2.10 bits per heavy atom. The van der Waals surface area contributed by atoms with Gasteiger partial charge >= 0.3 is 5.97 Å². The number of ether oxygens (including phenoxy) is 1. The summed E-state index contributed by atoms with van der Waals surface area (Å²) in [6, 6.07) is 10.2. The van der Waals surface area contributed by atoms with Crippen molar-refractivity contribution in [2.45, 2.75) is 18.1 Å². The molecule has 1 aromatic carbocycles. The van der Waals surface area contributed by atoms with Gasteiger partial charge in [-0.15, -0.1) is 10.2 Å². The first-order chi connectivity index (χ1) is 9.70. The first-order valence-corrected chi connectivity index (χ1v) is 7.11. The van der Waals surface area contributed by atoms with Crippen LogP contribution in [-0.2, 0) is 22.5 Å². The second-order valence-electron chi connectivity index (χ2n) is 4.09. The number of carbonyl (C=O) groups excluding carboxylic acids is 1. The van der Waals surface area contributed by atoms with Crippen molar-refractivity contribution >= 4 is 23.7 Å². The highest BCUT2D eigenvalue weighted by Gasteiger charge is 2.13. The molecule has 1 aromatic heterocycles. The van der Waals surface area contributed by atoms with E-state index in [1.165, 1.54) is 24.4 Å². The van der Waals surface area contributed by atoms with E-state index in [4.69, 9.17) is 5.73 Å². The number of rotatable bonds is 6. The summed E-state index contributed by atoms with van der Waals surface area (Å²) in [6.07, 6.45) is 0.913. The summed E-state index contributed by atoms with van der Waals surface area (Å²) >= 11 is 1.52. The van der Waals surface area contributed by atoms with Crippen LogP contribution in [0.4, 0.5) is 5.95 Å². The van der Waals surface area contributed by atoms with Crippen LogP contribution in [-0.4, -0.2) is 33.6 Å². The predicted octanol–water partition coefficient (Wildman–Crippen LogP) is 1.37. The lowest BCUT2D eigenvalue weighted by Crippen LogP contribution is -2.14. The maximum Gasteiger partial charge on any atom is 0.325 e. The molecule has 0 bridgehead atoms. The molecular formula is C13H16N4O2S. The molecule has 7 heteroatoms. The van der Waals surface area contributed by atoms with Crippen LogP contribution < -0.4 is 5.73 Å². The molecule has 106 valence electrons. The minimum atomic E-state index is -0.374. The monoisotopic (exact) mass is 292 g/mol. The van der Waals surface area contributed by atoms with Crippen molar-refractivity contribution in [3.8, 4) is 0 Å². The Balaban J connectivity index is 1.94. The fourth-order valence-corrected chi connectivity index (χ4v) is 2.59. The predicted molar refractivity (Wildman–Crippen MR) is 77.3 cm³/mol. The van der Waals surface area contributed by atoms with Gasteiger partial charge in [0.1, 0.15) is 6.54 Å². The molecule has 0 aliphatic carbocycles. The first-order valence-electron chi connectivity index (χ1n) is 6.13. The number of carbonyl (C=O) groups is 1. The largest absolute Gasteiger partial charge is 0.468 e. The molecule has 0 aliphatic rings. The summed E-state index contributed by atoms with van der Waals surface area (Å²) in [6.45, 7) is 0.0308. The number of esters is 1. The minimum absolute atomic E-state index is 0.0308. The van der Waals surface area contributed by atoms with Crippen molar-refractivity contribution in [3.05, 3.63) is 35.9 Å². The Kier molecular flexibility index (Phi) is 5.00. The molecule has 2 aromatic rings. The zero-order valence-electron chi connectivity index (χ0n) is 11.2. The number of hydrogen-bond donors (Lipinski definition) is 1. The average Bonchev–Trinajstić information content (AvgIpc) is 2.81. The number of anilines is 1. The zero-order chi connectivity index (χ0) is 14.4. The number of aryl methyl sites for hydroxylation is 1. The molecule has 0 saturated carbocycles. The molecule has 2 N–H and O–H groups in total. The molecule has 2 rings (SSSR count). The molecule has 0 atom stereocenters. The van der Waals surface area contributed by atoms with Crippen molar-refractivity contribution in [2.24, 2.45) is 0 Å². The molecule has 20 heavy (non-hydrogen) atoms. The highest BCUT2D eigenvalue weighted by molar-refractivity contribution is 7.99. The third-order valence-corrected chi connectivity index (χ3v) is 3.69. The molecule has 0 saturated heterocycles. The third kappa shape index (κ3) is 3.74. The van der Waals surface area contributed by atoms with Gasteiger partial charge in [0.2, 0.25) is 5.95 Å². The van der Waals surface area contributed by atoms with E-state index in [1.54, 1.807) is 4.57 Å². The van der Waals surface area contributed by atoms with Gasteiger partial charge in [-0.1, -0.05) is 42.1 Å². The van der Waals surface area contributed by atoms with Crippen molar-refractivity contribution in [1.29, 1.82) is 0 Å². The topological polar surface area (TPSA) is 83.0 Å². The van der Waals surface area contributed by atoms with Gasteiger partial charge in [-0.05, 0) is 12.0 Å². The Hall–Kier alpha value is -2.02. The standard InChI is InChI=1S/C13H16N4O2S/c1-19-11(18)9-17-12(14)15-16-13(17)20-8-7-10-5-3-2-4-6-10/h2-6H,7-9H2,1H3,(H2,14,15). The maximum absolute atomic E-state index is 11.3. The van der Waals surface area contributed by atoms with Crippen LogP contribution in [0.15, 0.2) is 35.5 Å². The fourth-order valence-electron chi connectivity index (χ4n) is 1.65. The molecule has 6 nitrogen and oxygen atoms in total. The second kappa shape index (κ2) is 6.95. The van der Waals surface area contributed by atoms with E-state index in [-0.39, 0.29) is 18.5 Å². The van der Waals surface area contributed by atoms with Crippen molar-refractivity contribution in [3.63, 3.8) is 0 Å². The lowest BCUT2D eigenvalue weighted by Gasteiger charge is -2.06. The number of nitrogens with zero attached hydrogens (tertiary/aromatic N) is 3. The SMILES string of the molecule is COC(=O)Cn1c(N)nnc1SCCc1ccccc1. The van der Waals surface area contributed by atoms with Crippen LogP contribution in [0.25, 0.3) is 0 Å². The van der Waals surface area contributed by atoms with Gasteiger partial charge < -0.3 is 10.5 Å². The molecule has 0 unspecified atom stereocenters. The number of hydrogen-bond acceptors (Lipinski definition) is 6. The third-order valence-electron chi connectivity index (χ3n) is 2.73. The van der Waals surface area contributed by atoms with E-state index in [2.05, 4.69) is 27.1 Å². The highest BCUT2D eigenvalue weighted by Crippen LogP contribution is 2.19. The van der Waals surface area contributed by atoms with Crippen LogP contribution in [0.1, 0.15) is 5.56 Å². The summed E-state index contributed by atoms with van der Waals surface area (Å²) < 4.78 is 6.18. The molecule has 0 radical (unpaired) electrons. The van der Waals surface area contributed by atoms with Crippen LogP contribution in [0, 0.1) is 0 Å². The Morgan fingerprint density at radius 1 is 1.35 bits per heavy atom. The van der Waals surface area contributed by atoms with Crippen molar-refractivity contribution < 1.29 is 9.53 Å². The maximum atomic E-state index is 11.3. The summed E-state index contributed by atoms with van der Waals surface area (Å²) in [5, 5.41) is 8.40. The molecule has 0 fully saturated rings. The van der Waals surface area contributed by atoms with E-state index >= 15 is 0 Å². The minimum Gasteiger partial charge on any atom is -0.468 e. The van der Waals surface area contributed by atoms with E-state index in [0.29, 0.717) is 5.16 Å². The lowest BCUT2D eigenvalue weighted by molar-refractivity contribution is -0.141. The number of aromatic nitrogens is 3. The smallest absolute Gasteiger partial charge is 0.325 e. The van der Waals surface area contributed by atoms with E-state index in [9.17, 15) is 4.79 Å². The molecule has 0 spiro atoms.